The lowest BCUT2D eigenvalue weighted by molar-refractivity contribution is 0.144. The highest BCUT2D eigenvalue weighted by Gasteiger charge is 2.16. The zero-order chi connectivity index (χ0) is 10.7. The molecule has 1 N–H and O–H groups in total. The fraction of sp³-hybridized carbons (Fsp3) is 0.375. The molecule has 0 saturated carbocycles. The number of aliphatic hydroxyl groups excluding tert-OH is 1. The highest BCUT2D eigenvalue weighted by atomic mass is 79.9. The van der Waals surface area contributed by atoms with Gasteiger partial charge in [-0.25, -0.2) is 13.8 Å². The van der Waals surface area contributed by atoms with Gasteiger partial charge in [0, 0.05) is 10.4 Å². The largest absolute Gasteiger partial charge is 0.390 e. The van der Waals surface area contributed by atoms with Crippen molar-refractivity contribution < 1.29 is 13.9 Å². The van der Waals surface area contributed by atoms with Gasteiger partial charge < -0.3 is 5.11 Å². The first-order valence-electron chi connectivity index (χ1n) is 3.73. The summed E-state index contributed by atoms with van der Waals surface area (Å²) in [6.07, 6.45) is -2.68. The molecular formula is C8H7BrClF2NO. The van der Waals surface area contributed by atoms with Crippen molar-refractivity contribution in [1.82, 2.24) is 4.98 Å². The maximum atomic E-state index is 12.4. The number of halogens is 4. The maximum Gasteiger partial charge on any atom is 0.280 e. The SMILES string of the molecule is OCc1nc(C(F)F)c(CCl)cc1Br. The smallest absolute Gasteiger partial charge is 0.280 e. The number of aromatic nitrogens is 1. The van der Waals surface area contributed by atoms with Gasteiger partial charge in [0.2, 0.25) is 0 Å². The van der Waals surface area contributed by atoms with Gasteiger partial charge in [-0.3, -0.25) is 0 Å². The molecule has 78 valence electrons. The third-order valence-corrected chi connectivity index (χ3v) is 2.64. The lowest BCUT2D eigenvalue weighted by Gasteiger charge is -2.08. The van der Waals surface area contributed by atoms with E-state index < -0.39 is 6.43 Å². The summed E-state index contributed by atoms with van der Waals surface area (Å²) < 4.78 is 25.4. The van der Waals surface area contributed by atoms with E-state index in [0.717, 1.165) is 0 Å². The summed E-state index contributed by atoms with van der Waals surface area (Å²) in [6.45, 7) is -0.386. The van der Waals surface area contributed by atoms with Crippen molar-refractivity contribution in [3.8, 4) is 0 Å². The van der Waals surface area contributed by atoms with Crippen molar-refractivity contribution in [2.24, 2.45) is 0 Å². The van der Waals surface area contributed by atoms with E-state index in [2.05, 4.69) is 20.9 Å². The number of nitrogens with zero attached hydrogens (tertiary/aromatic N) is 1. The lowest BCUT2D eigenvalue weighted by atomic mass is 10.2. The second-order valence-corrected chi connectivity index (χ2v) is 3.68. The monoisotopic (exact) mass is 285 g/mol. The second kappa shape index (κ2) is 5.00. The van der Waals surface area contributed by atoms with E-state index in [9.17, 15) is 8.78 Å². The average molecular weight is 287 g/mol. The number of hydrogen-bond donors (Lipinski definition) is 1. The Bertz CT molecular complexity index is 335. The van der Waals surface area contributed by atoms with Gasteiger partial charge in [-0.05, 0) is 27.6 Å². The van der Waals surface area contributed by atoms with Crippen molar-refractivity contribution in [2.75, 3.05) is 0 Å². The Labute approximate surface area is 93.0 Å². The van der Waals surface area contributed by atoms with Crippen LogP contribution in [-0.2, 0) is 12.5 Å². The average Bonchev–Trinajstić information content (AvgIpc) is 2.16. The first kappa shape index (κ1) is 11.8. The summed E-state index contributed by atoms with van der Waals surface area (Å²) in [5.41, 5.74) is 0.0900. The first-order chi connectivity index (χ1) is 6.60. The van der Waals surface area contributed by atoms with Crippen LogP contribution in [0.25, 0.3) is 0 Å². The van der Waals surface area contributed by atoms with Crippen molar-refractivity contribution in [1.29, 1.82) is 0 Å². The molecule has 0 atom stereocenters. The third-order valence-electron chi connectivity index (χ3n) is 1.66. The van der Waals surface area contributed by atoms with Crippen molar-refractivity contribution in [3.63, 3.8) is 0 Å². The molecule has 2 nitrogen and oxygen atoms in total. The van der Waals surface area contributed by atoms with E-state index in [-0.39, 0.29) is 29.4 Å². The summed E-state index contributed by atoms with van der Waals surface area (Å²) in [4.78, 5) is 3.63. The summed E-state index contributed by atoms with van der Waals surface area (Å²) in [7, 11) is 0. The second-order valence-electron chi connectivity index (χ2n) is 2.55. The van der Waals surface area contributed by atoms with Crippen LogP contribution in [0.1, 0.15) is 23.4 Å². The zero-order valence-electron chi connectivity index (χ0n) is 6.98. The molecule has 1 aromatic heterocycles. The fourth-order valence-corrected chi connectivity index (χ4v) is 1.69. The topological polar surface area (TPSA) is 33.1 Å². The molecule has 14 heavy (non-hydrogen) atoms. The molecular weight excluding hydrogens is 279 g/mol. The minimum atomic E-state index is -2.68. The van der Waals surface area contributed by atoms with Crippen LogP contribution in [0.2, 0.25) is 0 Å². The minimum absolute atomic E-state index is 0.0308. The van der Waals surface area contributed by atoms with Crippen LogP contribution in [0.4, 0.5) is 8.78 Å². The molecule has 0 unspecified atom stereocenters. The van der Waals surface area contributed by atoms with E-state index in [1.807, 2.05) is 0 Å². The quantitative estimate of drug-likeness (QED) is 0.867. The first-order valence-corrected chi connectivity index (χ1v) is 5.06. The van der Waals surface area contributed by atoms with E-state index in [1.165, 1.54) is 6.07 Å². The number of hydrogen-bond acceptors (Lipinski definition) is 2. The van der Waals surface area contributed by atoms with E-state index in [1.54, 1.807) is 0 Å². The molecule has 0 saturated heterocycles. The van der Waals surface area contributed by atoms with Crippen molar-refractivity contribution in [3.05, 3.63) is 27.5 Å². The van der Waals surface area contributed by atoms with E-state index in [0.29, 0.717) is 4.47 Å². The molecule has 0 aliphatic rings. The van der Waals surface area contributed by atoms with Gasteiger partial charge in [0.05, 0.1) is 12.3 Å². The molecule has 6 heteroatoms. The van der Waals surface area contributed by atoms with Gasteiger partial charge in [0.15, 0.2) is 0 Å². The number of aliphatic hydroxyl groups is 1. The van der Waals surface area contributed by atoms with Gasteiger partial charge in [-0.15, -0.1) is 11.6 Å². The molecule has 1 rings (SSSR count). The molecule has 0 spiro atoms. The molecule has 1 heterocycles. The van der Waals surface area contributed by atoms with Crippen LogP contribution in [0.3, 0.4) is 0 Å². The molecule has 0 aliphatic heterocycles. The molecule has 0 aliphatic carbocycles. The van der Waals surface area contributed by atoms with E-state index >= 15 is 0 Å². The molecule has 0 amide bonds. The van der Waals surface area contributed by atoms with Crippen molar-refractivity contribution >= 4 is 27.5 Å². The molecule has 0 fully saturated rings. The van der Waals surface area contributed by atoms with Crippen LogP contribution in [0, 0.1) is 0 Å². The number of alkyl halides is 3. The Balaban J connectivity index is 3.25. The van der Waals surface area contributed by atoms with Gasteiger partial charge >= 0.3 is 0 Å². The predicted molar refractivity (Wildman–Crippen MR) is 52.4 cm³/mol. The third kappa shape index (κ3) is 2.40. The van der Waals surface area contributed by atoms with Crippen LogP contribution in [0.5, 0.6) is 0 Å². The van der Waals surface area contributed by atoms with Crippen LogP contribution >= 0.6 is 27.5 Å². The Morgan fingerprint density at radius 3 is 2.64 bits per heavy atom. The summed E-state index contributed by atoms with van der Waals surface area (Å²) in [6, 6.07) is 1.45. The van der Waals surface area contributed by atoms with Gasteiger partial charge in [-0.2, -0.15) is 0 Å². The van der Waals surface area contributed by atoms with Gasteiger partial charge in [0.1, 0.15) is 5.69 Å². The highest BCUT2D eigenvalue weighted by molar-refractivity contribution is 9.10. The standard InChI is InChI=1S/C8H7BrClF2NO/c9-5-1-4(2-10)7(8(11)12)13-6(5)3-14/h1,8,14H,2-3H2. The maximum absolute atomic E-state index is 12.4. The molecule has 0 aromatic carbocycles. The van der Waals surface area contributed by atoms with Crippen LogP contribution in [-0.4, -0.2) is 10.1 Å². The van der Waals surface area contributed by atoms with Crippen molar-refractivity contribution in [2.45, 2.75) is 18.9 Å². The van der Waals surface area contributed by atoms with Crippen LogP contribution < -0.4 is 0 Å². The Kier molecular flexibility index (Phi) is 4.22. The number of pyridine rings is 1. The lowest BCUT2D eigenvalue weighted by Crippen LogP contribution is -2.02. The Morgan fingerprint density at radius 2 is 2.21 bits per heavy atom. The molecule has 0 bridgehead atoms. The summed E-state index contributed by atoms with van der Waals surface area (Å²) >= 11 is 8.59. The Morgan fingerprint density at radius 1 is 1.57 bits per heavy atom. The normalized spacial score (nSPS) is 11.0. The number of rotatable bonds is 3. The summed E-state index contributed by atoms with van der Waals surface area (Å²) in [5, 5.41) is 8.82. The zero-order valence-corrected chi connectivity index (χ0v) is 9.32. The predicted octanol–water partition coefficient (Wildman–Crippen LogP) is 3.01. The van der Waals surface area contributed by atoms with Gasteiger partial charge in [0.25, 0.3) is 6.43 Å². The summed E-state index contributed by atoms with van der Waals surface area (Å²) in [5.74, 6) is -0.0308. The highest BCUT2D eigenvalue weighted by Crippen LogP contribution is 2.27. The molecule has 1 aromatic rings. The minimum Gasteiger partial charge on any atom is -0.390 e. The van der Waals surface area contributed by atoms with Crippen LogP contribution in [0.15, 0.2) is 10.5 Å². The van der Waals surface area contributed by atoms with Gasteiger partial charge in [-0.1, -0.05) is 0 Å². The molecule has 0 radical (unpaired) electrons. The Hall–Kier alpha value is -0.260. The fourth-order valence-electron chi connectivity index (χ4n) is 0.988. The van der Waals surface area contributed by atoms with E-state index in [4.69, 9.17) is 16.7 Å².